The lowest BCUT2D eigenvalue weighted by molar-refractivity contribution is 1.28. The average Bonchev–Trinajstić information content (AvgIpc) is 3.56. The fourth-order valence-electron chi connectivity index (χ4n) is 8.13. The molecule has 0 spiro atoms. The molecule has 0 heterocycles. The van der Waals surface area contributed by atoms with Gasteiger partial charge in [-0.3, -0.25) is 0 Å². The summed E-state index contributed by atoms with van der Waals surface area (Å²) >= 11 is 0. The first-order valence-electron chi connectivity index (χ1n) is 27.8. The summed E-state index contributed by atoms with van der Waals surface area (Å²) in [5, 5.41) is 2.28. The molecule has 0 saturated carbocycles. The van der Waals surface area contributed by atoms with Crippen molar-refractivity contribution in [3.8, 4) is 77.9 Å². The third kappa shape index (κ3) is 8.40. The lowest BCUT2D eigenvalue weighted by atomic mass is 9.93. The van der Waals surface area contributed by atoms with Gasteiger partial charge in [0.15, 0.2) is 0 Å². The van der Waals surface area contributed by atoms with Crippen LogP contribution in [0.25, 0.3) is 88.7 Å². The van der Waals surface area contributed by atoms with Gasteiger partial charge in [-0.2, -0.15) is 0 Å². The second-order valence-corrected chi connectivity index (χ2v) is 15.6. The van der Waals surface area contributed by atoms with Gasteiger partial charge in [0.05, 0.1) is 17.8 Å². The van der Waals surface area contributed by atoms with Gasteiger partial charge in [0, 0.05) is 17.1 Å². The fraction of sp³-hybridized carbons (Fsp3) is 0. The van der Waals surface area contributed by atoms with E-state index in [9.17, 15) is 5.48 Å². The molecule has 0 N–H and O–H groups in total. The number of anilines is 3. The maximum absolute atomic E-state index is 9.66. The van der Waals surface area contributed by atoms with Crippen LogP contribution in [0, 0.1) is 0 Å². The molecular formula is C64H45N. The van der Waals surface area contributed by atoms with Crippen molar-refractivity contribution >= 4 is 27.8 Å². The Hall–Kier alpha value is -8.52. The van der Waals surface area contributed by atoms with Crippen molar-refractivity contribution in [1.29, 1.82) is 0 Å². The van der Waals surface area contributed by atoms with Crippen LogP contribution in [0.2, 0.25) is 0 Å². The van der Waals surface area contributed by atoms with Crippen molar-refractivity contribution in [3.63, 3.8) is 0 Å². The first-order valence-corrected chi connectivity index (χ1v) is 21.3. The van der Waals surface area contributed by atoms with E-state index < -0.39 is 101 Å². The maximum atomic E-state index is 9.66. The molecule has 0 aromatic heterocycles. The molecule has 65 heavy (non-hydrogen) atoms. The molecule has 0 amide bonds. The van der Waals surface area contributed by atoms with E-state index in [2.05, 4.69) is 84.9 Å². The van der Waals surface area contributed by atoms with E-state index in [0.29, 0.717) is 11.4 Å². The van der Waals surface area contributed by atoms with Crippen LogP contribution in [0.15, 0.2) is 273 Å². The normalized spacial score (nSPS) is 13.9. The molecule has 0 saturated heterocycles. The predicted molar refractivity (Wildman–Crippen MR) is 277 cm³/mol. The first kappa shape index (κ1) is 27.5. The summed E-state index contributed by atoms with van der Waals surface area (Å²) in [7, 11) is 0. The molecule has 0 aliphatic rings. The summed E-state index contributed by atoms with van der Waals surface area (Å²) in [5.41, 5.74) is 8.60. The summed E-state index contributed by atoms with van der Waals surface area (Å²) in [4.78, 5) is 1.63. The van der Waals surface area contributed by atoms with Gasteiger partial charge in [0.2, 0.25) is 0 Å². The van der Waals surface area contributed by atoms with Gasteiger partial charge in [-0.15, -0.1) is 0 Å². The van der Waals surface area contributed by atoms with E-state index >= 15 is 0 Å². The summed E-state index contributed by atoms with van der Waals surface area (Å²) in [6, 6.07) is 55.6. The Labute approximate surface area is 400 Å². The molecule has 1 nitrogen and oxygen atoms in total. The molecule has 306 valence electrons. The number of benzene rings is 11. The van der Waals surface area contributed by atoms with E-state index in [4.69, 9.17) is 12.3 Å². The smallest absolute Gasteiger partial charge is 0.0645 e. The van der Waals surface area contributed by atoms with Crippen LogP contribution >= 0.6 is 0 Å². The Kier molecular flexibility index (Phi) is 7.49. The van der Waals surface area contributed by atoms with Crippen LogP contribution in [-0.2, 0) is 0 Å². The van der Waals surface area contributed by atoms with Gasteiger partial charge in [0.25, 0.3) is 0 Å². The summed E-state index contributed by atoms with van der Waals surface area (Å²) < 4.78 is 116. The monoisotopic (exact) mass is 840 g/mol. The van der Waals surface area contributed by atoms with Gasteiger partial charge < -0.3 is 4.90 Å². The highest BCUT2D eigenvalue weighted by molar-refractivity contribution is 5.89. The molecular weight excluding hydrogens is 783 g/mol. The second-order valence-electron chi connectivity index (χ2n) is 15.6. The van der Waals surface area contributed by atoms with Crippen LogP contribution in [-0.4, -0.2) is 0 Å². The molecule has 11 aromatic rings. The largest absolute Gasteiger partial charge is 0.311 e. The fourth-order valence-corrected chi connectivity index (χ4v) is 8.13. The van der Waals surface area contributed by atoms with Crippen LogP contribution < -0.4 is 4.90 Å². The minimum atomic E-state index is -0.778. The Morgan fingerprint density at radius 3 is 1.12 bits per heavy atom. The zero-order valence-electron chi connectivity index (χ0n) is 47.9. The standard InChI is InChI=1S/C64H45N/c1-4-13-46(14-5-1)50-23-25-51(26-24-50)52-29-35-62(36-30-52)65(63-37-31-53(32-38-63)56-21-12-22-57(41-56)58-28-27-49-19-10-11-20-55(49)42-58)64-39-33-54(34-40-64)61-44-59(47-15-6-2-7-16-47)43-60(45-61)48-17-8-3-9-18-48/h1-45H/i1D,4D,5D,13D,14D,23D,24D,25D,26D,29D,30D,35D,36D. The van der Waals surface area contributed by atoms with Crippen molar-refractivity contribution in [2.24, 2.45) is 0 Å². The highest BCUT2D eigenvalue weighted by Gasteiger charge is 2.15. The van der Waals surface area contributed by atoms with E-state index in [1.54, 1.807) is 4.90 Å². The number of hydrogen-bond acceptors (Lipinski definition) is 1. The second kappa shape index (κ2) is 17.7. The SMILES string of the molecule is [2H]c1c([2H])c([2H])c(-c2c([2H])c([2H])c(-c3c([2H])c([2H])c(N(c4ccc(-c5cccc(-c6ccc7ccccc7c6)c5)cc4)c4ccc(-c5cc(-c6ccccc6)cc(-c6ccccc6)c5)cc4)c([2H])c3[2H])c([2H])c2[2H])c([2H])c1[2H]. The van der Waals surface area contributed by atoms with Crippen molar-refractivity contribution in [1.82, 2.24) is 0 Å². The predicted octanol–water partition coefficient (Wildman–Crippen LogP) is 18.0. The topological polar surface area (TPSA) is 3.24 Å². The Bertz CT molecular complexity index is 4020. The van der Waals surface area contributed by atoms with E-state index in [1.807, 2.05) is 109 Å². The third-order valence-corrected chi connectivity index (χ3v) is 11.5. The highest BCUT2D eigenvalue weighted by atomic mass is 15.1. The first-order chi connectivity index (χ1) is 37.6. The Balaban J connectivity index is 1.05. The van der Waals surface area contributed by atoms with Crippen LogP contribution in [0.5, 0.6) is 0 Å². The van der Waals surface area contributed by atoms with Gasteiger partial charge in [-0.25, -0.2) is 0 Å². The number of rotatable bonds is 10. The van der Waals surface area contributed by atoms with Crippen LogP contribution in [0.1, 0.15) is 17.8 Å². The molecule has 0 aliphatic heterocycles. The molecule has 0 unspecified atom stereocenters. The van der Waals surface area contributed by atoms with Crippen molar-refractivity contribution < 1.29 is 17.8 Å². The molecule has 0 fully saturated rings. The molecule has 0 radical (unpaired) electrons. The number of fused-ring (bicyclic) bond motifs is 1. The van der Waals surface area contributed by atoms with E-state index in [0.717, 1.165) is 66.4 Å². The lowest BCUT2D eigenvalue weighted by Crippen LogP contribution is -2.09. The number of nitrogens with zero attached hydrogens (tertiary/aromatic N) is 1. The van der Waals surface area contributed by atoms with Gasteiger partial charge >= 0.3 is 0 Å². The molecule has 11 rings (SSSR count). The summed E-state index contributed by atoms with van der Waals surface area (Å²) in [6.07, 6.45) is 0. The summed E-state index contributed by atoms with van der Waals surface area (Å²) in [6.45, 7) is 0. The third-order valence-electron chi connectivity index (χ3n) is 11.5. The molecule has 0 bridgehead atoms. The van der Waals surface area contributed by atoms with Gasteiger partial charge in [-0.05, 0) is 155 Å². The van der Waals surface area contributed by atoms with Crippen molar-refractivity contribution in [2.75, 3.05) is 4.90 Å². The van der Waals surface area contributed by atoms with Crippen LogP contribution in [0.3, 0.4) is 0 Å². The lowest BCUT2D eigenvalue weighted by Gasteiger charge is -2.26. The molecule has 0 atom stereocenters. The zero-order chi connectivity index (χ0) is 54.7. The van der Waals surface area contributed by atoms with Crippen molar-refractivity contribution in [2.45, 2.75) is 0 Å². The Morgan fingerprint density at radius 1 is 0.215 bits per heavy atom. The average molecular weight is 841 g/mol. The number of hydrogen-bond donors (Lipinski definition) is 0. The minimum absolute atomic E-state index is 0.143. The zero-order valence-corrected chi connectivity index (χ0v) is 34.9. The maximum Gasteiger partial charge on any atom is 0.0645 e. The Morgan fingerprint density at radius 2 is 0.585 bits per heavy atom. The minimum Gasteiger partial charge on any atom is -0.311 e. The summed E-state index contributed by atoms with van der Waals surface area (Å²) in [5.74, 6) is 0. The quantitative estimate of drug-likeness (QED) is 0.133. The van der Waals surface area contributed by atoms with Crippen molar-refractivity contribution in [3.05, 3.63) is 273 Å². The molecule has 1 heteroatoms. The van der Waals surface area contributed by atoms with Gasteiger partial charge in [0.1, 0.15) is 0 Å². The molecule has 0 aliphatic carbocycles. The highest BCUT2D eigenvalue weighted by Crippen LogP contribution is 2.40. The van der Waals surface area contributed by atoms with Crippen LogP contribution in [0.4, 0.5) is 17.1 Å². The van der Waals surface area contributed by atoms with Gasteiger partial charge in [-0.1, -0.05) is 206 Å². The van der Waals surface area contributed by atoms with E-state index in [-0.39, 0.29) is 5.69 Å². The molecule has 11 aromatic carbocycles. The van der Waals surface area contributed by atoms with E-state index in [1.165, 1.54) is 0 Å².